The van der Waals surface area contributed by atoms with Crippen LogP contribution < -0.4 is 10.2 Å². The van der Waals surface area contributed by atoms with E-state index in [0.717, 1.165) is 41.2 Å². The fourth-order valence-corrected chi connectivity index (χ4v) is 4.82. The van der Waals surface area contributed by atoms with Gasteiger partial charge in [-0.15, -0.1) is 0 Å². The number of thiazole rings is 1. The second-order valence-corrected chi connectivity index (χ2v) is 8.74. The molecule has 7 heteroatoms. The van der Waals surface area contributed by atoms with Gasteiger partial charge in [0.1, 0.15) is 12.4 Å². The standard InChI is InChI=1S/C21H15Br2N3OS/c22-16-10-15(12-24-26-21-25-18-8-4-5-9-19(18)28-21)20(17(23)11-16)27-13-14-6-2-1-3-7-14/h1-12H,13H2,(H,25,26)/b24-12-. The van der Waals surface area contributed by atoms with Crippen molar-refractivity contribution in [3.05, 3.63) is 86.8 Å². The summed E-state index contributed by atoms with van der Waals surface area (Å²) in [6.07, 6.45) is 1.74. The molecule has 4 nitrogen and oxygen atoms in total. The minimum absolute atomic E-state index is 0.479. The molecule has 0 aliphatic carbocycles. The molecule has 0 fully saturated rings. The smallest absolute Gasteiger partial charge is 0.204 e. The fraction of sp³-hybridized carbons (Fsp3) is 0.0476. The lowest BCUT2D eigenvalue weighted by atomic mass is 10.2. The number of halogens is 2. The summed E-state index contributed by atoms with van der Waals surface area (Å²) in [5, 5.41) is 5.10. The van der Waals surface area contributed by atoms with Crippen molar-refractivity contribution in [1.29, 1.82) is 0 Å². The Morgan fingerprint density at radius 3 is 2.64 bits per heavy atom. The lowest BCUT2D eigenvalue weighted by Gasteiger charge is -2.12. The van der Waals surface area contributed by atoms with Crippen molar-refractivity contribution in [2.45, 2.75) is 6.61 Å². The van der Waals surface area contributed by atoms with Crippen molar-refractivity contribution in [2.75, 3.05) is 5.43 Å². The average Bonchev–Trinajstić information content (AvgIpc) is 3.11. The first-order valence-corrected chi connectivity index (χ1v) is 10.9. The monoisotopic (exact) mass is 515 g/mol. The molecular weight excluding hydrogens is 502 g/mol. The van der Waals surface area contributed by atoms with Gasteiger partial charge in [0, 0.05) is 10.0 Å². The number of fused-ring (bicyclic) bond motifs is 1. The van der Waals surface area contributed by atoms with Gasteiger partial charge in [0.25, 0.3) is 0 Å². The van der Waals surface area contributed by atoms with Crippen molar-refractivity contribution in [2.24, 2.45) is 5.10 Å². The SMILES string of the molecule is Brc1cc(Br)c(OCc2ccccc2)c(/C=N\Nc2nc3ccccc3s2)c1. The van der Waals surface area contributed by atoms with Crippen LogP contribution in [0.2, 0.25) is 0 Å². The number of rotatable bonds is 6. The Labute approximate surface area is 183 Å². The highest BCUT2D eigenvalue weighted by Crippen LogP contribution is 2.33. The van der Waals surface area contributed by atoms with E-state index in [-0.39, 0.29) is 0 Å². The molecule has 1 heterocycles. The van der Waals surface area contributed by atoms with Crippen molar-refractivity contribution < 1.29 is 4.74 Å². The Bertz CT molecular complexity index is 1100. The number of nitrogens with one attached hydrogen (secondary N) is 1. The zero-order valence-electron chi connectivity index (χ0n) is 14.6. The maximum Gasteiger partial charge on any atom is 0.204 e. The van der Waals surface area contributed by atoms with Gasteiger partial charge in [-0.3, -0.25) is 5.43 Å². The molecule has 0 spiro atoms. The highest BCUT2D eigenvalue weighted by Gasteiger charge is 2.10. The largest absolute Gasteiger partial charge is 0.487 e. The Hall–Kier alpha value is -2.22. The summed E-state index contributed by atoms with van der Waals surface area (Å²) in [5.41, 5.74) is 5.93. The molecule has 3 aromatic carbocycles. The summed E-state index contributed by atoms with van der Waals surface area (Å²) in [5.74, 6) is 0.738. The first-order chi connectivity index (χ1) is 13.7. The van der Waals surface area contributed by atoms with E-state index in [0.29, 0.717) is 6.61 Å². The van der Waals surface area contributed by atoms with Gasteiger partial charge >= 0.3 is 0 Å². The second kappa shape index (κ2) is 8.86. The number of benzene rings is 3. The number of hydrazone groups is 1. The van der Waals surface area contributed by atoms with Crippen LogP contribution in [0.3, 0.4) is 0 Å². The predicted molar refractivity (Wildman–Crippen MR) is 123 cm³/mol. The van der Waals surface area contributed by atoms with Gasteiger partial charge in [-0.2, -0.15) is 5.10 Å². The Morgan fingerprint density at radius 2 is 1.82 bits per heavy atom. The average molecular weight is 517 g/mol. The molecule has 0 amide bonds. The van der Waals surface area contributed by atoms with E-state index in [4.69, 9.17) is 4.74 Å². The number of hydrogen-bond acceptors (Lipinski definition) is 5. The van der Waals surface area contributed by atoms with E-state index in [1.807, 2.05) is 66.7 Å². The number of anilines is 1. The van der Waals surface area contributed by atoms with Crippen LogP contribution in [0.1, 0.15) is 11.1 Å². The molecule has 4 aromatic rings. The van der Waals surface area contributed by atoms with Crippen molar-refractivity contribution in [3.8, 4) is 5.75 Å². The molecule has 0 aliphatic heterocycles. The first-order valence-electron chi connectivity index (χ1n) is 8.49. The van der Waals surface area contributed by atoms with E-state index < -0.39 is 0 Å². The van der Waals surface area contributed by atoms with E-state index in [1.54, 1.807) is 17.6 Å². The van der Waals surface area contributed by atoms with Crippen LogP contribution >= 0.6 is 43.2 Å². The van der Waals surface area contributed by atoms with Crippen LogP contribution in [0.15, 0.2) is 80.8 Å². The summed E-state index contributed by atoms with van der Waals surface area (Å²) in [7, 11) is 0. The van der Waals surface area contributed by atoms with Gasteiger partial charge in [-0.1, -0.05) is 69.7 Å². The molecule has 0 aliphatic rings. The van der Waals surface area contributed by atoms with Gasteiger partial charge in [-0.25, -0.2) is 4.98 Å². The molecule has 28 heavy (non-hydrogen) atoms. The molecular formula is C21H15Br2N3OS. The van der Waals surface area contributed by atoms with Crippen molar-refractivity contribution in [1.82, 2.24) is 4.98 Å². The van der Waals surface area contributed by atoms with Crippen molar-refractivity contribution >= 4 is 64.8 Å². The Kier molecular flexibility index (Phi) is 6.04. The second-order valence-electron chi connectivity index (χ2n) is 5.94. The number of nitrogens with zero attached hydrogens (tertiary/aromatic N) is 2. The quantitative estimate of drug-likeness (QED) is 0.225. The Morgan fingerprint density at radius 1 is 1.04 bits per heavy atom. The fourth-order valence-electron chi connectivity index (χ4n) is 2.64. The highest BCUT2D eigenvalue weighted by atomic mass is 79.9. The lowest BCUT2D eigenvalue weighted by Crippen LogP contribution is -2.00. The molecule has 140 valence electrons. The number of aromatic nitrogens is 1. The van der Waals surface area contributed by atoms with Crippen molar-refractivity contribution in [3.63, 3.8) is 0 Å². The third kappa shape index (κ3) is 4.60. The van der Waals surface area contributed by atoms with Crippen LogP contribution in [0.5, 0.6) is 5.75 Å². The molecule has 0 atom stereocenters. The van der Waals surface area contributed by atoms with E-state index in [9.17, 15) is 0 Å². The third-order valence-corrected chi connectivity index (χ3v) is 5.91. The van der Waals surface area contributed by atoms with Gasteiger partial charge in [0.2, 0.25) is 5.13 Å². The minimum atomic E-state index is 0.479. The highest BCUT2D eigenvalue weighted by molar-refractivity contribution is 9.11. The summed E-state index contributed by atoms with van der Waals surface area (Å²) >= 11 is 8.67. The van der Waals surface area contributed by atoms with Gasteiger partial charge in [0.15, 0.2) is 0 Å². The third-order valence-electron chi connectivity index (χ3n) is 3.92. The van der Waals surface area contributed by atoms with Gasteiger partial charge < -0.3 is 4.74 Å². The van der Waals surface area contributed by atoms with Gasteiger partial charge in [0.05, 0.1) is 20.9 Å². The zero-order valence-corrected chi connectivity index (χ0v) is 18.6. The topological polar surface area (TPSA) is 46.5 Å². The van der Waals surface area contributed by atoms with E-state index in [1.165, 1.54) is 0 Å². The summed E-state index contributed by atoms with van der Waals surface area (Å²) in [6.45, 7) is 0.479. The maximum atomic E-state index is 6.06. The van der Waals surface area contributed by atoms with Crippen LogP contribution in [0, 0.1) is 0 Å². The van der Waals surface area contributed by atoms with E-state index >= 15 is 0 Å². The predicted octanol–water partition coefficient (Wildman–Crippen LogP) is 6.85. The summed E-state index contributed by atoms with van der Waals surface area (Å²) < 4.78 is 8.98. The molecule has 0 radical (unpaired) electrons. The normalized spacial score (nSPS) is 11.2. The van der Waals surface area contributed by atoms with Crippen LogP contribution in [0.4, 0.5) is 5.13 Å². The number of hydrogen-bond donors (Lipinski definition) is 1. The molecule has 0 saturated carbocycles. The molecule has 0 saturated heterocycles. The molecule has 0 bridgehead atoms. The maximum absolute atomic E-state index is 6.06. The summed E-state index contributed by atoms with van der Waals surface area (Å²) in [6, 6.07) is 22.0. The van der Waals surface area contributed by atoms with E-state index in [2.05, 4.69) is 47.4 Å². The zero-order chi connectivity index (χ0) is 19.3. The number of ether oxygens (including phenoxy) is 1. The molecule has 1 aromatic heterocycles. The molecule has 1 N–H and O–H groups in total. The minimum Gasteiger partial charge on any atom is -0.487 e. The number of para-hydroxylation sites is 1. The van der Waals surface area contributed by atoms with Crippen LogP contribution in [-0.4, -0.2) is 11.2 Å². The lowest BCUT2D eigenvalue weighted by molar-refractivity contribution is 0.304. The summed E-state index contributed by atoms with van der Waals surface area (Å²) in [4.78, 5) is 4.52. The molecule has 4 rings (SSSR count). The van der Waals surface area contributed by atoms with Gasteiger partial charge in [-0.05, 0) is 45.8 Å². The Balaban J connectivity index is 1.53. The first kappa shape index (κ1) is 19.1. The van der Waals surface area contributed by atoms with Crippen LogP contribution in [-0.2, 0) is 6.61 Å². The van der Waals surface area contributed by atoms with Crippen LogP contribution in [0.25, 0.3) is 10.2 Å². The molecule has 0 unspecified atom stereocenters.